The second kappa shape index (κ2) is 3.62. The maximum Gasteiger partial charge on any atom is 0.309 e. The Kier molecular flexibility index (Phi) is 2.45. The van der Waals surface area contributed by atoms with Gasteiger partial charge in [-0.2, -0.15) is 0 Å². The molecular formula is C8H9N2+. The van der Waals surface area contributed by atoms with E-state index in [0.29, 0.717) is 6.54 Å². The minimum absolute atomic E-state index is 0.490. The molecule has 0 N–H and O–H groups in total. The second-order valence-electron chi connectivity index (χ2n) is 2.10. The van der Waals surface area contributed by atoms with Gasteiger partial charge in [-0.3, -0.25) is 0 Å². The lowest BCUT2D eigenvalue weighted by Gasteiger charge is -1.88. The molecule has 0 aromatic heterocycles. The third-order valence-electron chi connectivity index (χ3n) is 1.34. The zero-order valence-electron chi connectivity index (χ0n) is 5.70. The van der Waals surface area contributed by atoms with Crippen LogP contribution in [0.2, 0.25) is 0 Å². The Hall–Kier alpha value is -1.36. The number of diazo groups is 1. The Bertz CT molecular complexity index is 223. The van der Waals surface area contributed by atoms with Crippen LogP contribution in [0.15, 0.2) is 30.3 Å². The number of rotatable bonds is 2. The predicted octanol–water partition coefficient (Wildman–Crippen LogP) is 2.08. The summed E-state index contributed by atoms with van der Waals surface area (Å²) in [5, 5.41) is 8.15. The van der Waals surface area contributed by atoms with Crippen molar-refractivity contribution in [2.75, 3.05) is 6.54 Å². The van der Waals surface area contributed by atoms with Gasteiger partial charge in [-0.25, -0.2) is 0 Å². The van der Waals surface area contributed by atoms with Gasteiger partial charge in [0, 0.05) is 0 Å². The Balaban J connectivity index is 2.52. The predicted molar refractivity (Wildman–Crippen MR) is 40.1 cm³/mol. The normalized spacial score (nSPS) is 8.70. The maximum atomic E-state index is 8.15. The molecule has 0 saturated carbocycles. The van der Waals surface area contributed by atoms with E-state index in [-0.39, 0.29) is 0 Å². The van der Waals surface area contributed by atoms with Crippen molar-refractivity contribution >= 4 is 0 Å². The number of benzene rings is 1. The monoisotopic (exact) mass is 133 g/mol. The van der Waals surface area contributed by atoms with Gasteiger partial charge in [-0.15, -0.1) is 0 Å². The van der Waals surface area contributed by atoms with Gasteiger partial charge >= 0.3 is 6.54 Å². The number of hydrogen-bond acceptors (Lipinski definition) is 1. The minimum atomic E-state index is 0.490. The van der Waals surface area contributed by atoms with Gasteiger partial charge in [0.2, 0.25) is 5.39 Å². The van der Waals surface area contributed by atoms with Crippen molar-refractivity contribution in [2.24, 2.45) is 0 Å². The quantitative estimate of drug-likeness (QED) is 0.567. The SMILES string of the molecule is N#[N+]CCc1ccccc1. The summed E-state index contributed by atoms with van der Waals surface area (Å²) in [5.41, 5.74) is 1.21. The third kappa shape index (κ3) is 1.87. The third-order valence-corrected chi connectivity index (χ3v) is 1.34. The molecule has 1 aromatic carbocycles. The molecule has 50 valence electrons. The summed E-state index contributed by atoms with van der Waals surface area (Å²) in [6.45, 7) is 0.490. The van der Waals surface area contributed by atoms with Gasteiger partial charge in [0.15, 0.2) is 0 Å². The van der Waals surface area contributed by atoms with Crippen LogP contribution in [0.1, 0.15) is 5.56 Å². The zero-order chi connectivity index (χ0) is 7.23. The van der Waals surface area contributed by atoms with E-state index in [2.05, 4.69) is 4.98 Å². The topological polar surface area (TPSA) is 28.1 Å². The Morgan fingerprint density at radius 3 is 2.50 bits per heavy atom. The van der Waals surface area contributed by atoms with E-state index >= 15 is 0 Å². The molecule has 0 fully saturated rings. The first-order valence-electron chi connectivity index (χ1n) is 3.28. The van der Waals surface area contributed by atoms with Crippen LogP contribution in [0.3, 0.4) is 0 Å². The average Bonchev–Trinajstić information content (AvgIpc) is 2.03. The highest BCUT2D eigenvalue weighted by atomic mass is 14.8. The molecule has 0 saturated heterocycles. The number of nitrogens with zero attached hydrogens (tertiary/aromatic N) is 2. The zero-order valence-corrected chi connectivity index (χ0v) is 5.70. The summed E-state index contributed by atoms with van der Waals surface area (Å²) in [4.78, 5) is 3.03. The highest BCUT2D eigenvalue weighted by Crippen LogP contribution is 1.98. The van der Waals surface area contributed by atoms with Gasteiger partial charge in [-0.1, -0.05) is 30.3 Å². The van der Waals surface area contributed by atoms with Crippen LogP contribution < -0.4 is 0 Å². The molecular weight excluding hydrogens is 124 g/mol. The van der Waals surface area contributed by atoms with Crippen LogP contribution >= 0.6 is 0 Å². The van der Waals surface area contributed by atoms with E-state index in [1.807, 2.05) is 30.3 Å². The van der Waals surface area contributed by atoms with Gasteiger partial charge < -0.3 is 0 Å². The van der Waals surface area contributed by atoms with Crippen molar-refractivity contribution in [3.63, 3.8) is 0 Å². The molecule has 1 rings (SSSR count). The molecule has 1 aromatic rings. The molecule has 2 heteroatoms. The van der Waals surface area contributed by atoms with Crippen LogP contribution in [0, 0.1) is 5.39 Å². The van der Waals surface area contributed by atoms with Crippen molar-refractivity contribution in [1.82, 2.24) is 0 Å². The van der Waals surface area contributed by atoms with Gasteiger partial charge in [0.1, 0.15) is 4.98 Å². The Morgan fingerprint density at radius 2 is 1.90 bits per heavy atom. The van der Waals surface area contributed by atoms with Gasteiger partial charge in [0.05, 0.1) is 6.42 Å². The van der Waals surface area contributed by atoms with Crippen molar-refractivity contribution in [3.8, 4) is 0 Å². The molecule has 0 heterocycles. The van der Waals surface area contributed by atoms with Crippen molar-refractivity contribution in [2.45, 2.75) is 6.42 Å². The van der Waals surface area contributed by atoms with Crippen molar-refractivity contribution in [3.05, 3.63) is 40.9 Å². The highest BCUT2D eigenvalue weighted by molar-refractivity contribution is 5.15. The number of hydrogen-bond donors (Lipinski definition) is 0. The van der Waals surface area contributed by atoms with E-state index in [4.69, 9.17) is 5.39 Å². The van der Waals surface area contributed by atoms with E-state index < -0.39 is 0 Å². The summed E-state index contributed by atoms with van der Waals surface area (Å²) in [6.07, 6.45) is 0.817. The van der Waals surface area contributed by atoms with Crippen LogP contribution in [0.4, 0.5) is 0 Å². The summed E-state index contributed by atoms with van der Waals surface area (Å²) in [6, 6.07) is 9.97. The lowest BCUT2D eigenvalue weighted by molar-refractivity contribution is 1.05. The molecule has 0 radical (unpaired) electrons. The smallest absolute Gasteiger partial charge is 0.0622 e. The minimum Gasteiger partial charge on any atom is -0.0622 e. The molecule has 10 heavy (non-hydrogen) atoms. The summed E-state index contributed by atoms with van der Waals surface area (Å²) < 4.78 is 0. The summed E-state index contributed by atoms with van der Waals surface area (Å²) in [7, 11) is 0. The van der Waals surface area contributed by atoms with Crippen molar-refractivity contribution in [1.29, 1.82) is 5.39 Å². The first-order valence-corrected chi connectivity index (χ1v) is 3.28. The largest absolute Gasteiger partial charge is 0.309 e. The summed E-state index contributed by atoms with van der Waals surface area (Å²) >= 11 is 0. The maximum absolute atomic E-state index is 8.15. The van der Waals surface area contributed by atoms with Crippen LogP contribution in [0.5, 0.6) is 0 Å². The standard InChI is InChI=1S/C8H9N2/c9-10-7-6-8-4-2-1-3-5-8/h1-5H,6-7H2/q+1. The Morgan fingerprint density at radius 1 is 1.20 bits per heavy atom. The lowest BCUT2D eigenvalue weighted by Crippen LogP contribution is -1.85. The van der Waals surface area contributed by atoms with Crippen molar-refractivity contribution < 1.29 is 0 Å². The highest BCUT2D eigenvalue weighted by Gasteiger charge is 1.95. The fraction of sp³-hybridized carbons (Fsp3) is 0.250. The molecule has 0 amide bonds. The molecule has 0 bridgehead atoms. The van der Waals surface area contributed by atoms with Crippen LogP contribution in [-0.4, -0.2) is 6.54 Å². The van der Waals surface area contributed by atoms with Crippen LogP contribution in [0.25, 0.3) is 4.98 Å². The Labute approximate surface area is 60.1 Å². The average molecular weight is 133 g/mol. The molecule has 0 spiro atoms. The molecule has 0 aliphatic heterocycles. The first-order chi connectivity index (χ1) is 4.93. The fourth-order valence-corrected chi connectivity index (χ4v) is 0.824. The fourth-order valence-electron chi connectivity index (χ4n) is 0.824. The van der Waals surface area contributed by atoms with Crippen LogP contribution in [-0.2, 0) is 6.42 Å². The lowest BCUT2D eigenvalue weighted by atomic mass is 10.2. The summed E-state index contributed by atoms with van der Waals surface area (Å²) in [5.74, 6) is 0. The molecule has 0 unspecified atom stereocenters. The van der Waals surface area contributed by atoms with E-state index in [1.165, 1.54) is 5.56 Å². The first kappa shape index (κ1) is 6.76. The molecule has 0 atom stereocenters. The van der Waals surface area contributed by atoms with Gasteiger partial charge in [0.25, 0.3) is 0 Å². The van der Waals surface area contributed by atoms with E-state index in [1.54, 1.807) is 0 Å². The van der Waals surface area contributed by atoms with E-state index in [9.17, 15) is 0 Å². The van der Waals surface area contributed by atoms with Gasteiger partial charge in [-0.05, 0) is 5.56 Å². The molecule has 0 aliphatic rings. The van der Waals surface area contributed by atoms with E-state index in [0.717, 1.165) is 6.42 Å². The molecule has 0 aliphatic carbocycles. The molecule has 2 nitrogen and oxygen atoms in total. The second-order valence-corrected chi connectivity index (χ2v) is 2.10.